The van der Waals surface area contributed by atoms with E-state index >= 15 is 0 Å². The molecule has 1 fully saturated rings. The Morgan fingerprint density at radius 3 is 2.80 bits per heavy atom. The standard InChI is InChI=1S/C14H20FNO3S/c1-16(2)20(17,18)14-6-7-19-10-12(14)8-11-4-3-5-13(15)9-11/h3-5,9,12,14H,6-8,10H2,1-2H3/t12-,14-/m1/s1. The van der Waals surface area contributed by atoms with Crippen LogP contribution >= 0.6 is 0 Å². The molecule has 0 saturated carbocycles. The summed E-state index contributed by atoms with van der Waals surface area (Å²) < 4.78 is 44.6. The van der Waals surface area contributed by atoms with Gasteiger partial charge in [-0.25, -0.2) is 17.1 Å². The zero-order chi connectivity index (χ0) is 14.8. The van der Waals surface area contributed by atoms with Crippen molar-refractivity contribution in [2.75, 3.05) is 27.3 Å². The molecule has 0 unspecified atom stereocenters. The molecule has 0 aliphatic carbocycles. The highest BCUT2D eigenvalue weighted by molar-refractivity contribution is 7.89. The highest BCUT2D eigenvalue weighted by Gasteiger charge is 2.37. The van der Waals surface area contributed by atoms with Crippen LogP contribution in [0.25, 0.3) is 0 Å². The molecule has 0 radical (unpaired) electrons. The molecule has 112 valence electrons. The van der Waals surface area contributed by atoms with Crippen molar-refractivity contribution >= 4 is 10.0 Å². The fourth-order valence-electron chi connectivity index (χ4n) is 2.60. The quantitative estimate of drug-likeness (QED) is 0.850. The molecule has 4 nitrogen and oxygen atoms in total. The van der Waals surface area contributed by atoms with E-state index in [9.17, 15) is 12.8 Å². The Balaban J connectivity index is 2.20. The lowest BCUT2D eigenvalue weighted by Gasteiger charge is -2.33. The van der Waals surface area contributed by atoms with Crippen LogP contribution in [0, 0.1) is 11.7 Å². The second-order valence-corrected chi connectivity index (χ2v) is 7.69. The van der Waals surface area contributed by atoms with Crippen molar-refractivity contribution in [2.45, 2.75) is 18.1 Å². The van der Waals surface area contributed by atoms with Crippen LogP contribution in [0.15, 0.2) is 24.3 Å². The molecule has 1 heterocycles. The molecule has 20 heavy (non-hydrogen) atoms. The smallest absolute Gasteiger partial charge is 0.216 e. The predicted octanol–water partition coefficient (Wildman–Crippen LogP) is 1.66. The monoisotopic (exact) mass is 301 g/mol. The molecular weight excluding hydrogens is 281 g/mol. The van der Waals surface area contributed by atoms with Crippen molar-refractivity contribution in [3.05, 3.63) is 35.6 Å². The number of rotatable bonds is 4. The first-order valence-electron chi connectivity index (χ1n) is 6.65. The third-order valence-corrected chi connectivity index (χ3v) is 6.09. The number of hydrogen-bond donors (Lipinski definition) is 0. The molecule has 0 spiro atoms. The van der Waals surface area contributed by atoms with Crippen LogP contribution in [0.3, 0.4) is 0 Å². The molecule has 0 amide bonds. The lowest BCUT2D eigenvalue weighted by atomic mass is 9.93. The van der Waals surface area contributed by atoms with Crippen molar-refractivity contribution < 1.29 is 17.5 Å². The van der Waals surface area contributed by atoms with Crippen LogP contribution in [-0.2, 0) is 21.2 Å². The molecular formula is C14H20FNO3S. The summed E-state index contributed by atoms with van der Waals surface area (Å²) in [6.07, 6.45) is 0.996. The van der Waals surface area contributed by atoms with Gasteiger partial charge in [0.25, 0.3) is 0 Å². The van der Waals surface area contributed by atoms with E-state index in [1.165, 1.54) is 16.4 Å². The summed E-state index contributed by atoms with van der Waals surface area (Å²) in [5, 5.41) is -0.463. The molecule has 1 aliphatic heterocycles. The van der Waals surface area contributed by atoms with Crippen molar-refractivity contribution in [3.63, 3.8) is 0 Å². The van der Waals surface area contributed by atoms with E-state index in [0.29, 0.717) is 26.1 Å². The Kier molecular flexibility index (Phi) is 4.78. The maximum atomic E-state index is 13.2. The first kappa shape index (κ1) is 15.4. The van der Waals surface area contributed by atoms with Crippen molar-refractivity contribution in [1.29, 1.82) is 0 Å². The first-order valence-corrected chi connectivity index (χ1v) is 8.15. The topological polar surface area (TPSA) is 46.6 Å². The van der Waals surface area contributed by atoms with Crippen LogP contribution in [0.2, 0.25) is 0 Å². The summed E-state index contributed by atoms with van der Waals surface area (Å²) in [4.78, 5) is 0. The SMILES string of the molecule is CN(C)S(=O)(=O)[C@@H]1CCOC[C@H]1Cc1cccc(F)c1. The molecule has 0 N–H and O–H groups in total. The van der Waals surface area contributed by atoms with Crippen molar-refractivity contribution in [1.82, 2.24) is 4.31 Å². The van der Waals surface area contributed by atoms with Gasteiger partial charge >= 0.3 is 0 Å². The maximum absolute atomic E-state index is 13.2. The first-order chi connectivity index (χ1) is 9.41. The molecule has 2 rings (SSSR count). The average molecular weight is 301 g/mol. The third-order valence-electron chi connectivity index (χ3n) is 3.68. The minimum absolute atomic E-state index is 0.141. The normalized spacial score (nSPS) is 24.0. The summed E-state index contributed by atoms with van der Waals surface area (Å²) in [6.45, 7) is 0.853. The number of halogens is 1. The summed E-state index contributed by atoms with van der Waals surface area (Å²) in [6, 6.07) is 6.30. The Morgan fingerprint density at radius 2 is 2.15 bits per heavy atom. The summed E-state index contributed by atoms with van der Waals surface area (Å²) in [5.74, 6) is -0.441. The number of sulfonamides is 1. The van der Waals surface area contributed by atoms with Gasteiger partial charge in [0.05, 0.1) is 11.9 Å². The zero-order valence-corrected chi connectivity index (χ0v) is 12.6. The maximum Gasteiger partial charge on any atom is 0.216 e. The van der Waals surface area contributed by atoms with Gasteiger partial charge in [-0.2, -0.15) is 0 Å². The minimum atomic E-state index is -3.32. The van der Waals surface area contributed by atoms with Crippen LogP contribution in [0.4, 0.5) is 4.39 Å². The van der Waals surface area contributed by atoms with Gasteiger partial charge in [0.2, 0.25) is 10.0 Å². The summed E-state index contributed by atoms with van der Waals surface area (Å²) >= 11 is 0. The van der Waals surface area contributed by atoms with Gasteiger partial charge < -0.3 is 4.74 Å². The van der Waals surface area contributed by atoms with Crippen molar-refractivity contribution in [3.8, 4) is 0 Å². The van der Waals surface area contributed by atoms with E-state index in [-0.39, 0.29) is 11.7 Å². The summed E-state index contributed by atoms with van der Waals surface area (Å²) in [7, 11) is -0.228. The van der Waals surface area contributed by atoms with E-state index in [1.54, 1.807) is 20.2 Å². The Morgan fingerprint density at radius 1 is 1.40 bits per heavy atom. The van der Waals surface area contributed by atoms with Gasteiger partial charge in [-0.1, -0.05) is 12.1 Å². The number of nitrogens with zero attached hydrogens (tertiary/aromatic N) is 1. The van der Waals surface area contributed by atoms with Crippen LogP contribution in [0.1, 0.15) is 12.0 Å². The molecule has 1 aromatic rings. The molecule has 2 atom stereocenters. The fraction of sp³-hybridized carbons (Fsp3) is 0.571. The molecule has 6 heteroatoms. The van der Waals surface area contributed by atoms with Gasteiger partial charge in [0.1, 0.15) is 5.82 Å². The average Bonchev–Trinajstić information content (AvgIpc) is 2.39. The van der Waals surface area contributed by atoms with Gasteiger partial charge in [0.15, 0.2) is 0 Å². The largest absolute Gasteiger partial charge is 0.381 e. The number of hydrogen-bond acceptors (Lipinski definition) is 3. The van der Waals surface area contributed by atoms with E-state index in [1.807, 2.05) is 6.07 Å². The second kappa shape index (κ2) is 6.20. The van der Waals surface area contributed by atoms with E-state index < -0.39 is 15.3 Å². The lowest BCUT2D eigenvalue weighted by molar-refractivity contribution is 0.0563. The molecule has 0 aromatic heterocycles. The van der Waals surface area contributed by atoms with E-state index in [4.69, 9.17) is 4.74 Å². The molecule has 1 aromatic carbocycles. The summed E-state index contributed by atoms with van der Waals surface area (Å²) in [5.41, 5.74) is 0.805. The Bertz CT molecular complexity index is 559. The number of benzene rings is 1. The van der Waals surface area contributed by atoms with Gasteiger partial charge in [-0.3, -0.25) is 0 Å². The van der Waals surface area contributed by atoms with Gasteiger partial charge in [0, 0.05) is 26.6 Å². The molecule has 1 aliphatic rings. The second-order valence-electron chi connectivity index (χ2n) is 5.32. The van der Waals surface area contributed by atoms with Crippen LogP contribution in [-0.4, -0.2) is 45.3 Å². The predicted molar refractivity (Wildman–Crippen MR) is 75.4 cm³/mol. The van der Waals surface area contributed by atoms with Crippen LogP contribution < -0.4 is 0 Å². The highest BCUT2D eigenvalue weighted by Crippen LogP contribution is 2.27. The highest BCUT2D eigenvalue weighted by atomic mass is 32.2. The Labute approximate surface area is 119 Å². The number of ether oxygens (including phenoxy) is 1. The van der Waals surface area contributed by atoms with Crippen molar-refractivity contribution in [2.24, 2.45) is 5.92 Å². The minimum Gasteiger partial charge on any atom is -0.381 e. The fourth-order valence-corrected chi connectivity index (χ4v) is 4.19. The van der Waals surface area contributed by atoms with E-state index in [2.05, 4.69) is 0 Å². The van der Waals surface area contributed by atoms with Gasteiger partial charge in [-0.05, 0) is 30.5 Å². The Hall–Kier alpha value is -0.980. The molecule has 0 bridgehead atoms. The lowest BCUT2D eigenvalue weighted by Crippen LogP contribution is -2.44. The van der Waals surface area contributed by atoms with Gasteiger partial charge in [-0.15, -0.1) is 0 Å². The van der Waals surface area contributed by atoms with E-state index in [0.717, 1.165) is 5.56 Å². The third kappa shape index (κ3) is 3.37. The van der Waals surface area contributed by atoms with Crippen LogP contribution in [0.5, 0.6) is 0 Å². The zero-order valence-electron chi connectivity index (χ0n) is 11.8. The molecule has 1 saturated heterocycles.